The van der Waals surface area contributed by atoms with E-state index in [1.54, 1.807) is 11.8 Å². The third kappa shape index (κ3) is 3.69. The first-order valence-corrected chi connectivity index (χ1v) is 10.1. The second-order valence-electron chi connectivity index (χ2n) is 6.71. The predicted octanol–water partition coefficient (Wildman–Crippen LogP) is 4.34. The Balaban J connectivity index is 1.68. The minimum absolute atomic E-state index is 0.688. The molecule has 0 N–H and O–H groups in total. The van der Waals surface area contributed by atoms with Crippen LogP contribution in [0, 0.1) is 18.3 Å². The second kappa shape index (κ2) is 7.85. The summed E-state index contributed by atoms with van der Waals surface area (Å²) in [6, 6.07) is 18.5. The van der Waals surface area contributed by atoms with Gasteiger partial charge in [-0.3, -0.25) is 4.57 Å². The maximum absolute atomic E-state index is 9.32. The summed E-state index contributed by atoms with van der Waals surface area (Å²) >= 11 is 1.62. The molecule has 4 rings (SSSR count). The van der Waals surface area contributed by atoms with E-state index in [-0.39, 0.29) is 0 Å². The Kier molecular flexibility index (Phi) is 5.12. The first-order valence-electron chi connectivity index (χ1n) is 9.14. The molecule has 1 aromatic heterocycles. The quantitative estimate of drug-likeness (QED) is 0.621. The summed E-state index contributed by atoms with van der Waals surface area (Å²) in [5.74, 6) is 1.60. The van der Waals surface area contributed by atoms with Crippen LogP contribution in [0.5, 0.6) is 0 Å². The zero-order valence-electron chi connectivity index (χ0n) is 15.3. The number of hydrogen-bond acceptors (Lipinski definition) is 5. The number of rotatable bonds is 5. The maximum atomic E-state index is 9.32. The van der Waals surface area contributed by atoms with Gasteiger partial charge >= 0.3 is 0 Å². The van der Waals surface area contributed by atoms with Crippen LogP contribution >= 0.6 is 11.8 Å². The summed E-state index contributed by atoms with van der Waals surface area (Å²) in [6.07, 6.45) is 2.39. The van der Waals surface area contributed by atoms with Crippen molar-refractivity contribution in [3.8, 4) is 11.8 Å². The van der Waals surface area contributed by atoms with E-state index < -0.39 is 0 Å². The van der Waals surface area contributed by atoms with E-state index in [0.717, 1.165) is 35.4 Å². The molecule has 1 aliphatic heterocycles. The van der Waals surface area contributed by atoms with Gasteiger partial charge in [0.1, 0.15) is 0 Å². The minimum Gasteiger partial charge on any atom is -0.341 e. The third-order valence-corrected chi connectivity index (χ3v) is 5.77. The lowest BCUT2D eigenvalue weighted by Crippen LogP contribution is -2.22. The van der Waals surface area contributed by atoms with E-state index in [1.807, 2.05) is 24.3 Å². The molecule has 3 aromatic rings. The number of hydrogen-bond donors (Lipinski definition) is 0. The minimum atomic E-state index is 0.688. The topological polar surface area (TPSA) is 57.7 Å². The molecular formula is C21H21N5S. The molecule has 0 atom stereocenters. The van der Waals surface area contributed by atoms with E-state index in [2.05, 4.69) is 56.9 Å². The fraction of sp³-hybridized carbons (Fsp3) is 0.286. The number of aryl methyl sites for hydroxylation is 1. The average Bonchev–Trinajstić information content (AvgIpc) is 3.37. The zero-order chi connectivity index (χ0) is 18.6. The second-order valence-corrected chi connectivity index (χ2v) is 7.65. The predicted molar refractivity (Wildman–Crippen MR) is 108 cm³/mol. The van der Waals surface area contributed by atoms with Crippen molar-refractivity contribution in [2.75, 3.05) is 18.0 Å². The fourth-order valence-electron chi connectivity index (χ4n) is 3.29. The number of aromatic nitrogens is 3. The summed E-state index contributed by atoms with van der Waals surface area (Å²) in [5, 5.41) is 19.2. The highest BCUT2D eigenvalue weighted by atomic mass is 32.2. The summed E-state index contributed by atoms with van der Waals surface area (Å²) in [4.78, 5) is 2.31. The van der Waals surface area contributed by atoms with Crippen LogP contribution < -0.4 is 4.90 Å². The Morgan fingerprint density at radius 1 is 1.04 bits per heavy atom. The summed E-state index contributed by atoms with van der Waals surface area (Å²) in [5.41, 5.74) is 4.03. The van der Waals surface area contributed by atoms with Crippen molar-refractivity contribution in [1.29, 1.82) is 5.26 Å². The SMILES string of the molecule is Cc1ccc(-n2c(SCc3ccccc3C#N)nnc2N2CCCC2)cc1. The third-order valence-electron chi connectivity index (χ3n) is 4.79. The van der Waals surface area contributed by atoms with Crippen molar-refractivity contribution in [3.63, 3.8) is 0 Å². The van der Waals surface area contributed by atoms with Gasteiger partial charge in [-0.25, -0.2) is 0 Å². The number of thioether (sulfide) groups is 1. The van der Waals surface area contributed by atoms with Crippen molar-refractivity contribution in [3.05, 3.63) is 65.2 Å². The molecule has 5 nitrogen and oxygen atoms in total. The van der Waals surface area contributed by atoms with Gasteiger partial charge in [0.25, 0.3) is 0 Å². The maximum Gasteiger partial charge on any atom is 0.232 e. The van der Waals surface area contributed by atoms with Gasteiger partial charge in [-0.15, -0.1) is 10.2 Å². The van der Waals surface area contributed by atoms with Crippen LogP contribution in [0.25, 0.3) is 5.69 Å². The number of nitrogens with zero attached hydrogens (tertiary/aromatic N) is 5. The Labute approximate surface area is 163 Å². The Morgan fingerprint density at radius 3 is 2.52 bits per heavy atom. The van der Waals surface area contributed by atoms with E-state index >= 15 is 0 Å². The lowest BCUT2D eigenvalue weighted by atomic mass is 10.1. The van der Waals surface area contributed by atoms with E-state index in [9.17, 15) is 5.26 Å². The molecule has 2 aromatic carbocycles. The van der Waals surface area contributed by atoms with Crippen molar-refractivity contribution in [2.24, 2.45) is 0 Å². The van der Waals surface area contributed by atoms with E-state index in [1.165, 1.54) is 18.4 Å². The van der Waals surface area contributed by atoms with E-state index in [0.29, 0.717) is 11.3 Å². The number of anilines is 1. The van der Waals surface area contributed by atoms with Crippen molar-refractivity contribution < 1.29 is 0 Å². The monoisotopic (exact) mass is 375 g/mol. The van der Waals surface area contributed by atoms with E-state index in [4.69, 9.17) is 0 Å². The highest BCUT2D eigenvalue weighted by Gasteiger charge is 2.22. The number of nitriles is 1. The Morgan fingerprint density at radius 2 is 1.78 bits per heavy atom. The molecule has 1 aliphatic rings. The van der Waals surface area contributed by atoms with Crippen LogP contribution in [-0.2, 0) is 5.75 Å². The van der Waals surface area contributed by atoms with Gasteiger partial charge in [0.05, 0.1) is 17.3 Å². The molecule has 0 radical (unpaired) electrons. The molecule has 0 aliphatic carbocycles. The zero-order valence-corrected chi connectivity index (χ0v) is 16.1. The molecule has 0 saturated carbocycles. The fourth-order valence-corrected chi connectivity index (χ4v) is 4.25. The Bertz CT molecular complexity index is 965. The lowest BCUT2D eigenvalue weighted by Gasteiger charge is -2.18. The van der Waals surface area contributed by atoms with Crippen LogP contribution in [0.3, 0.4) is 0 Å². The van der Waals surface area contributed by atoms with Gasteiger partial charge in [-0.05, 0) is 43.5 Å². The molecular weight excluding hydrogens is 354 g/mol. The van der Waals surface area contributed by atoms with Crippen molar-refractivity contribution >= 4 is 17.7 Å². The van der Waals surface area contributed by atoms with Gasteiger partial charge < -0.3 is 4.90 Å². The molecule has 6 heteroatoms. The average molecular weight is 376 g/mol. The van der Waals surface area contributed by atoms with Gasteiger partial charge in [0.2, 0.25) is 5.95 Å². The van der Waals surface area contributed by atoms with Crippen LogP contribution in [-0.4, -0.2) is 27.9 Å². The molecule has 0 bridgehead atoms. The molecule has 1 fully saturated rings. The summed E-state index contributed by atoms with van der Waals surface area (Å²) in [7, 11) is 0. The smallest absolute Gasteiger partial charge is 0.232 e. The van der Waals surface area contributed by atoms with Crippen LogP contribution in [0.2, 0.25) is 0 Å². The molecule has 0 amide bonds. The molecule has 2 heterocycles. The van der Waals surface area contributed by atoms with Gasteiger partial charge in [-0.1, -0.05) is 47.7 Å². The normalized spacial score (nSPS) is 13.7. The standard InChI is InChI=1S/C21H21N5S/c1-16-8-10-19(11-9-16)26-20(25-12-4-5-13-25)23-24-21(26)27-15-18-7-3-2-6-17(18)14-22/h2-3,6-11H,4-5,12-13,15H2,1H3. The van der Waals surface area contributed by atoms with Crippen LogP contribution in [0.4, 0.5) is 5.95 Å². The molecule has 27 heavy (non-hydrogen) atoms. The molecule has 0 spiro atoms. The highest BCUT2D eigenvalue weighted by Crippen LogP contribution is 2.30. The Hall–Kier alpha value is -2.78. The van der Waals surface area contributed by atoms with Gasteiger partial charge in [0.15, 0.2) is 5.16 Å². The summed E-state index contributed by atoms with van der Waals surface area (Å²) in [6.45, 7) is 4.13. The van der Waals surface area contributed by atoms with Crippen molar-refractivity contribution in [1.82, 2.24) is 14.8 Å². The molecule has 0 unspecified atom stereocenters. The molecule has 1 saturated heterocycles. The van der Waals surface area contributed by atoms with Crippen molar-refractivity contribution in [2.45, 2.75) is 30.7 Å². The first-order chi connectivity index (χ1) is 13.3. The molecule has 136 valence electrons. The first kappa shape index (κ1) is 17.6. The van der Waals surface area contributed by atoms with Gasteiger partial charge in [-0.2, -0.15) is 5.26 Å². The van der Waals surface area contributed by atoms with Gasteiger partial charge in [0, 0.05) is 18.8 Å². The lowest BCUT2D eigenvalue weighted by molar-refractivity contribution is 0.841. The van der Waals surface area contributed by atoms with Crippen LogP contribution in [0.1, 0.15) is 29.5 Å². The largest absolute Gasteiger partial charge is 0.341 e. The van der Waals surface area contributed by atoms with Crippen LogP contribution in [0.15, 0.2) is 53.7 Å². The highest BCUT2D eigenvalue weighted by molar-refractivity contribution is 7.98. The number of benzene rings is 2. The summed E-state index contributed by atoms with van der Waals surface area (Å²) < 4.78 is 2.14.